The molecule has 0 aliphatic rings. The van der Waals surface area contributed by atoms with Crippen LogP contribution in [-0.4, -0.2) is 0 Å². The fraction of sp³-hybridized carbons (Fsp3) is 0.200. The van der Waals surface area contributed by atoms with E-state index in [1.165, 1.54) is 9.13 Å². The van der Waals surface area contributed by atoms with Gasteiger partial charge in [0.05, 0.1) is 9.83 Å². The van der Waals surface area contributed by atoms with Crippen LogP contribution in [0.1, 0.15) is 5.56 Å². The van der Waals surface area contributed by atoms with Gasteiger partial charge < -0.3 is 4.42 Å². The van der Waals surface area contributed by atoms with E-state index in [1.54, 1.807) is 12.5 Å². The average molecular weight is 208 g/mol. The number of rotatable bonds is 0. The Balaban J connectivity index is 3.12. The van der Waals surface area contributed by atoms with Crippen molar-refractivity contribution >= 4 is 22.6 Å². The van der Waals surface area contributed by atoms with Gasteiger partial charge in [0.25, 0.3) is 0 Å². The molecule has 2 heteroatoms. The first kappa shape index (κ1) is 5.15. The first-order valence-electron chi connectivity index (χ1n) is 1.99. The summed E-state index contributed by atoms with van der Waals surface area (Å²) in [5, 5.41) is 0. The van der Waals surface area contributed by atoms with Gasteiger partial charge in [-0.3, -0.25) is 0 Å². The quantitative estimate of drug-likeness (QED) is 0.595. The summed E-state index contributed by atoms with van der Waals surface area (Å²) in [5.74, 6) is 0. The van der Waals surface area contributed by atoms with Crippen LogP contribution in [0.2, 0.25) is 0 Å². The Morgan fingerprint density at radius 2 is 2.29 bits per heavy atom. The molecule has 0 spiro atoms. The van der Waals surface area contributed by atoms with Crippen LogP contribution in [0.4, 0.5) is 0 Å². The maximum absolute atomic E-state index is 4.84. The van der Waals surface area contributed by atoms with Gasteiger partial charge in [0.2, 0.25) is 0 Å². The van der Waals surface area contributed by atoms with Crippen LogP contribution in [0, 0.1) is 10.5 Å². The van der Waals surface area contributed by atoms with Crippen molar-refractivity contribution in [3.63, 3.8) is 0 Å². The van der Waals surface area contributed by atoms with Crippen LogP contribution >= 0.6 is 22.6 Å². The maximum Gasteiger partial charge on any atom is 0.104 e. The van der Waals surface area contributed by atoms with Crippen LogP contribution in [0.3, 0.4) is 0 Å². The molecule has 38 valence electrons. The second-order valence-corrected chi connectivity index (χ2v) is 2.56. The number of furan rings is 1. The molecule has 0 unspecified atom stereocenters. The fourth-order valence-corrected chi connectivity index (χ4v) is 0.619. The molecule has 0 aromatic carbocycles. The second kappa shape index (κ2) is 1.86. The van der Waals surface area contributed by atoms with Crippen LogP contribution < -0.4 is 0 Å². The molecule has 0 fully saturated rings. The van der Waals surface area contributed by atoms with Crippen molar-refractivity contribution in [2.24, 2.45) is 0 Å². The van der Waals surface area contributed by atoms with E-state index in [-0.39, 0.29) is 0 Å². The largest absolute Gasteiger partial charge is 0.471 e. The van der Waals surface area contributed by atoms with E-state index in [4.69, 9.17) is 4.42 Å². The molecule has 0 N–H and O–H groups in total. The first-order valence-corrected chi connectivity index (χ1v) is 3.07. The molecule has 0 saturated heterocycles. The van der Waals surface area contributed by atoms with Crippen molar-refractivity contribution in [1.29, 1.82) is 0 Å². The molecular formula is C5H5IO. The van der Waals surface area contributed by atoms with E-state index in [0.29, 0.717) is 0 Å². The van der Waals surface area contributed by atoms with Gasteiger partial charge in [0, 0.05) is 5.56 Å². The van der Waals surface area contributed by atoms with Crippen molar-refractivity contribution in [2.45, 2.75) is 6.92 Å². The van der Waals surface area contributed by atoms with Crippen molar-refractivity contribution in [1.82, 2.24) is 0 Å². The molecular weight excluding hydrogens is 203 g/mol. The summed E-state index contributed by atoms with van der Waals surface area (Å²) in [6.07, 6.45) is 3.47. The zero-order chi connectivity index (χ0) is 5.28. The molecule has 0 radical (unpaired) electrons. The normalized spacial score (nSPS) is 9.43. The molecule has 0 amide bonds. The van der Waals surface area contributed by atoms with Crippen LogP contribution in [-0.2, 0) is 0 Å². The van der Waals surface area contributed by atoms with Gasteiger partial charge in [-0.05, 0) is 29.5 Å². The van der Waals surface area contributed by atoms with Crippen LogP contribution in [0.15, 0.2) is 16.9 Å². The SMILES string of the molecule is Cc1cocc1I. The Labute approximate surface area is 55.9 Å². The maximum atomic E-state index is 4.84. The number of aryl methyl sites for hydroxylation is 1. The van der Waals surface area contributed by atoms with Crippen LogP contribution in [0.25, 0.3) is 0 Å². The molecule has 0 aliphatic carbocycles. The standard InChI is InChI=1S/C5H5IO/c1-4-2-7-3-5(4)6/h2-3H,1H3. The lowest BCUT2D eigenvalue weighted by Gasteiger charge is -1.74. The minimum absolute atomic E-state index is 1.19. The fourth-order valence-electron chi connectivity index (χ4n) is 0.345. The lowest BCUT2D eigenvalue weighted by Crippen LogP contribution is -1.62. The molecule has 1 heterocycles. The second-order valence-electron chi connectivity index (χ2n) is 1.40. The van der Waals surface area contributed by atoms with Crippen molar-refractivity contribution < 1.29 is 4.42 Å². The number of hydrogen-bond acceptors (Lipinski definition) is 1. The summed E-state index contributed by atoms with van der Waals surface area (Å²) in [5.41, 5.74) is 1.21. The van der Waals surface area contributed by atoms with Crippen molar-refractivity contribution in [3.8, 4) is 0 Å². The summed E-state index contributed by atoms with van der Waals surface area (Å²) in [6.45, 7) is 2.02. The third kappa shape index (κ3) is 0.964. The molecule has 0 atom stereocenters. The zero-order valence-corrected chi connectivity index (χ0v) is 6.10. The van der Waals surface area contributed by atoms with E-state index in [2.05, 4.69) is 22.6 Å². The van der Waals surface area contributed by atoms with E-state index >= 15 is 0 Å². The molecule has 0 bridgehead atoms. The predicted octanol–water partition coefficient (Wildman–Crippen LogP) is 2.19. The van der Waals surface area contributed by atoms with Gasteiger partial charge in [0.15, 0.2) is 0 Å². The Hall–Kier alpha value is 0.01000. The highest BCUT2D eigenvalue weighted by Crippen LogP contribution is 2.09. The molecule has 7 heavy (non-hydrogen) atoms. The minimum Gasteiger partial charge on any atom is -0.471 e. The predicted molar refractivity (Wildman–Crippen MR) is 36.2 cm³/mol. The molecule has 1 aromatic heterocycles. The van der Waals surface area contributed by atoms with E-state index in [9.17, 15) is 0 Å². The monoisotopic (exact) mass is 208 g/mol. The van der Waals surface area contributed by atoms with Gasteiger partial charge in [-0.15, -0.1) is 0 Å². The highest BCUT2D eigenvalue weighted by molar-refractivity contribution is 14.1. The summed E-state index contributed by atoms with van der Waals surface area (Å²) in [6, 6.07) is 0. The summed E-state index contributed by atoms with van der Waals surface area (Å²) in [7, 11) is 0. The Bertz CT molecular complexity index is 140. The van der Waals surface area contributed by atoms with Crippen LogP contribution in [0.5, 0.6) is 0 Å². The Morgan fingerprint density at radius 1 is 1.57 bits per heavy atom. The number of hydrogen-bond donors (Lipinski definition) is 0. The van der Waals surface area contributed by atoms with E-state index in [1.807, 2.05) is 6.92 Å². The minimum atomic E-state index is 1.19. The van der Waals surface area contributed by atoms with Crippen molar-refractivity contribution in [2.75, 3.05) is 0 Å². The molecule has 0 aliphatic heterocycles. The van der Waals surface area contributed by atoms with E-state index < -0.39 is 0 Å². The van der Waals surface area contributed by atoms with Crippen molar-refractivity contribution in [3.05, 3.63) is 21.7 Å². The van der Waals surface area contributed by atoms with Gasteiger partial charge >= 0.3 is 0 Å². The Morgan fingerprint density at radius 3 is 2.43 bits per heavy atom. The number of halogens is 1. The highest BCUT2D eigenvalue weighted by atomic mass is 127. The zero-order valence-electron chi connectivity index (χ0n) is 3.94. The van der Waals surface area contributed by atoms with Gasteiger partial charge in [-0.2, -0.15) is 0 Å². The smallest absolute Gasteiger partial charge is 0.104 e. The molecule has 1 nitrogen and oxygen atoms in total. The average Bonchev–Trinajstić information content (AvgIpc) is 1.91. The first-order chi connectivity index (χ1) is 3.30. The Kier molecular flexibility index (Phi) is 1.37. The third-order valence-electron chi connectivity index (χ3n) is 0.793. The molecule has 1 rings (SSSR count). The molecule has 1 aromatic rings. The lowest BCUT2D eigenvalue weighted by atomic mass is 10.4. The molecule has 0 saturated carbocycles. The summed E-state index contributed by atoms with van der Waals surface area (Å²) < 4.78 is 6.03. The summed E-state index contributed by atoms with van der Waals surface area (Å²) >= 11 is 2.23. The third-order valence-corrected chi connectivity index (χ3v) is 1.90. The van der Waals surface area contributed by atoms with E-state index in [0.717, 1.165) is 0 Å². The summed E-state index contributed by atoms with van der Waals surface area (Å²) in [4.78, 5) is 0. The van der Waals surface area contributed by atoms with Gasteiger partial charge in [-0.1, -0.05) is 0 Å². The lowest BCUT2D eigenvalue weighted by molar-refractivity contribution is 0.564. The van der Waals surface area contributed by atoms with Gasteiger partial charge in [0.1, 0.15) is 6.26 Å². The van der Waals surface area contributed by atoms with Gasteiger partial charge in [-0.25, -0.2) is 0 Å². The topological polar surface area (TPSA) is 13.1 Å². The highest BCUT2D eigenvalue weighted by Gasteiger charge is 1.90.